The van der Waals surface area contributed by atoms with E-state index in [0.29, 0.717) is 28.7 Å². The summed E-state index contributed by atoms with van der Waals surface area (Å²) in [6.07, 6.45) is 3.96. The maximum absolute atomic E-state index is 12.3. The van der Waals surface area contributed by atoms with Crippen molar-refractivity contribution in [3.8, 4) is 0 Å². The Hall–Kier alpha value is -1.65. The molecule has 1 aliphatic heterocycles. The zero-order valence-corrected chi connectivity index (χ0v) is 11.8. The Balaban J connectivity index is 1.82. The Morgan fingerprint density at radius 2 is 2.35 bits per heavy atom. The molecule has 4 nitrogen and oxygen atoms in total. The van der Waals surface area contributed by atoms with Crippen LogP contribution in [0.1, 0.15) is 23.2 Å². The first-order valence-electron chi connectivity index (χ1n) is 6.80. The first-order chi connectivity index (χ1) is 9.75. The molecule has 1 unspecified atom stereocenters. The van der Waals surface area contributed by atoms with E-state index in [2.05, 4.69) is 15.6 Å². The number of carbonyl (C=O) groups excluding carboxylic acids is 1. The standard InChI is InChI=1S/C15H16ClN3O/c16-13-6-5-12(14-11(13)4-2-8-18-14)15(20)19-9-10-3-1-7-17-10/h2,4-6,8,10,17H,1,3,7,9H2,(H,19,20). The number of amides is 1. The zero-order chi connectivity index (χ0) is 13.9. The molecule has 2 heterocycles. The number of hydrogen-bond donors (Lipinski definition) is 2. The van der Waals surface area contributed by atoms with E-state index in [-0.39, 0.29) is 5.91 Å². The molecule has 0 aliphatic carbocycles. The lowest BCUT2D eigenvalue weighted by molar-refractivity contribution is 0.0952. The van der Waals surface area contributed by atoms with Crippen LogP contribution in [0.4, 0.5) is 0 Å². The highest BCUT2D eigenvalue weighted by molar-refractivity contribution is 6.36. The monoisotopic (exact) mass is 289 g/mol. The van der Waals surface area contributed by atoms with Gasteiger partial charge in [-0.05, 0) is 43.7 Å². The number of nitrogens with zero attached hydrogens (tertiary/aromatic N) is 1. The molecule has 0 radical (unpaired) electrons. The second-order valence-electron chi connectivity index (χ2n) is 5.00. The van der Waals surface area contributed by atoms with Crippen LogP contribution in [-0.2, 0) is 0 Å². The second kappa shape index (κ2) is 5.77. The SMILES string of the molecule is O=C(NCC1CCCN1)c1ccc(Cl)c2cccnc12. The van der Waals surface area contributed by atoms with Gasteiger partial charge < -0.3 is 10.6 Å². The van der Waals surface area contributed by atoms with Gasteiger partial charge in [0.2, 0.25) is 0 Å². The Morgan fingerprint density at radius 3 is 3.15 bits per heavy atom. The van der Waals surface area contributed by atoms with Crippen LogP contribution in [0.2, 0.25) is 5.02 Å². The lowest BCUT2D eigenvalue weighted by Crippen LogP contribution is -2.37. The first kappa shape index (κ1) is 13.3. The predicted molar refractivity (Wildman–Crippen MR) is 80.1 cm³/mol. The van der Waals surface area contributed by atoms with Crippen LogP contribution in [0.15, 0.2) is 30.5 Å². The molecule has 5 heteroatoms. The molecule has 1 saturated heterocycles. The van der Waals surface area contributed by atoms with Crippen LogP contribution in [0.5, 0.6) is 0 Å². The summed E-state index contributed by atoms with van der Waals surface area (Å²) in [5.74, 6) is -0.0981. The molecule has 2 aromatic rings. The first-order valence-corrected chi connectivity index (χ1v) is 7.18. The number of carbonyl (C=O) groups is 1. The maximum Gasteiger partial charge on any atom is 0.253 e. The Bertz CT molecular complexity index is 638. The van der Waals surface area contributed by atoms with Crippen molar-refractivity contribution in [2.24, 2.45) is 0 Å². The molecule has 0 spiro atoms. The van der Waals surface area contributed by atoms with E-state index in [1.807, 2.05) is 12.1 Å². The predicted octanol–water partition coefficient (Wildman–Crippen LogP) is 2.37. The van der Waals surface area contributed by atoms with E-state index < -0.39 is 0 Å². The van der Waals surface area contributed by atoms with Crippen molar-refractivity contribution in [2.75, 3.05) is 13.1 Å². The topological polar surface area (TPSA) is 54.0 Å². The molecule has 0 bridgehead atoms. The van der Waals surface area contributed by atoms with E-state index in [0.717, 1.165) is 18.4 Å². The summed E-state index contributed by atoms with van der Waals surface area (Å²) in [6.45, 7) is 1.68. The average Bonchev–Trinajstić information content (AvgIpc) is 2.99. The molecule has 1 aromatic heterocycles. The fourth-order valence-corrected chi connectivity index (χ4v) is 2.78. The molecule has 1 aromatic carbocycles. The van der Waals surface area contributed by atoms with Crippen molar-refractivity contribution in [1.29, 1.82) is 0 Å². The summed E-state index contributed by atoms with van der Waals surface area (Å²) in [7, 11) is 0. The average molecular weight is 290 g/mol. The van der Waals surface area contributed by atoms with Crippen LogP contribution < -0.4 is 10.6 Å². The summed E-state index contributed by atoms with van der Waals surface area (Å²) in [6, 6.07) is 7.55. The fraction of sp³-hybridized carbons (Fsp3) is 0.333. The number of aromatic nitrogens is 1. The number of halogens is 1. The van der Waals surface area contributed by atoms with Gasteiger partial charge in [0.15, 0.2) is 0 Å². The summed E-state index contributed by atoms with van der Waals surface area (Å²) in [4.78, 5) is 16.6. The molecular formula is C15H16ClN3O. The van der Waals surface area contributed by atoms with Gasteiger partial charge in [0.25, 0.3) is 5.91 Å². The quantitative estimate of drug-likeness (QED) is 0.912. The van der Waals surface area contributed by atoms with E-state index in [4.69, 9.17) is 11.6 Å². The molecule has 1 amide bonds. The van der Waals surface area contributed by atoms with Crippen LogP contribution >= 0.6 is 11.6 Å². The van der Waals surface area contributed by atoms with E-state index in [1.54, 1.807) is 18.3 Å². The van der Waals surface area contributed by atoms with Gasteiger partial charge in [-0.2, -0.15) is 0 Å². The van der Waals surface area contributed by atoms with Crippen molar-refractivity contribution in [2.45, 2.75) is 18.9 Å². The molecule has 1 fully saturated rings. The lowest BCUT2D eigenvalue weighted by Gasteiger charge is -2.12. The molecule has 20 heavy (non-hydrogen) atoms. The smallest absolute Gasteiger partial charge is 0.253 e. The van der Waals surface area contributed by atoms with Crippen molar-refractivity contribution in [3.05, 3.63) is 41.0 Å². The summed E-state index contributed by atoms with van der Waals surface area (Å²) < 4.78 is 0. The number of fused-ring (bicyclic) bond motifs is 1. The van der Waals surface area contributed by atoms with Gasteiger partial charge in [0.05, 0.1) is 16.1 Å². The van der Waals surface area contributed by atoms with E-state index in [1.165, 1.54) is 6.42 Å². The van der Waals surface area contributed by atoms with Gasteiger partial charge in [-0.1, -0.05) is 11.6 Å². The van der Waals surface area contributed by atoms with Crippen molar-refractivity contribution in [1.82, 2.24) is 15.6 Å². The van der Waals surface area contributed by atoms with Crippen molar-refractivity contribution in [3.63, 3.8) is 0 Å². The fourth-order valence-electron chi connectivity index (χ4n) is 2.56. The van der Waals surface area contributed by atoms with Crippen LogP contribution in [0, 0.1) is 0 Å². The Labute approximate surface area is 122 Å². The molecule has 2 N–H and O–H groups in total. The van der Waals surface area contributed by atoms with Crippen molar-refractivity contribution >= 4 is 28.4 Å². The zero-order valence-electron chi connectivity index (χ0n) is 11.0. The minimum absolute atomic E-state index is 0.0981. The third-order valence-electron chi connectivity index (χ3n) is 3.63. The molecule has 1 aliphatic rings. The van der Waals surface area contributed by atoms with Gasteiger partial charge in [0.1, 0.15) is 0 Å². The molecule has 0 saturated carbocycles. The van der Waals surface area contributed by atoms with Crippen LogP contribution in [0.25, 0.3) is 10.9 Å². The van der Waals surface area contributed by atoms with Crippen LogP contribution in [0.3, 0.4) is 0 Å². The van der Waals surface area contributed by atoms with Crippen LogP contribution in [-0.4, -0.2) is 30.0 Å². The molecule has 104 valence electrons. The molecule has 1 atom stereocenters. The highest BCUT2D eigenvalue weighted by Gasteiger charge is 2.17. The van der Waals surface area contributed by atoms with Gasteiger partial charge >= 0.3 is 0 Å². The lowest BCUT2D eigenvalue weighted by atomic mass is 10.1. The number of hydrogen-bond acceptors (Lipinski definition) is 3. The Morgan fingerprint density at radius 1 is 1.45 bits per heavy atom. The third-order valence-corrected chi connectivity index (χ3v) is 3.96. The summed E-state index contributed by atoms with van der Waals surface area (Å²) >= 11 is 6.13. The maximum atomic E-state index is 12.3. The van der Waals surface area contributed by atoms with Gasteiger partial charge in [-0.15, -0.1) is 0 Å². The molecule has 3 rings (SSSR count). The normalized spacial score (nSPS) is 18.4. The largest absolute Gasteiger partial charge is 0.350 e. The summed E-state index contributed by atoms with van der Waals surface area (Å²) in [5.41, 5.74) is 1.22. The Kier molecular flexibility index (Phi) is 3.85. The number of benzene rings is 1. The number of nitrogens with one attached hydrogen (secondary N) is 2. The van der Waals surface area contributed by atoms with Gasteiger partial charge in [-0.25, -0.2) is 0 Å². The van der Waals surface area contributed by atoms with Gasteiger partial charge in [-0.3, -0.25) is 9.78 Å². The van der Waals surface area contributed by atoms with E-state index in [9.17, 15) is 4.79 Å². The summed E-state index contributed by atoms with van der Waals surface area (Å²) in [5, 5.41) is 7.75. The van der Waals surface area contributed by atoms with Crippen molar-refractivity contribution < 1.29 is 4.79 Å². The molecular weight excluding hydrogens is 274 g/mol. The third kappa shape index (κ3) is 2.62. The van der Waals surface area contributed by atoms with Gasteiger partial charge in [0, 0.05) is 24.2 Å². The highest BCUT2D eigenvalue weighted by Crippen LogP contribution is 2.24. The van der Waals surface area contributed by atoms with E-state index >= 15 is 0 Å². The number of pyridine rings is 1. The number of rotatable bonds is 3. The second-order valence-corrected chi connectivity index (χ2v) is 5.41. The highest BCUT2D eigenvalue weighted by atomic mass is 35.5. The minimum Gasteiger partial charge on any atom is -0.350 e. The minimum atomic E-state index is -0.0981.